The van der Waals surface area contributed by atoms with Gasteiger partial charge in [0.25, 0.3) is 0 Å². The van der Waals surface area contributed by atoms with Crippen LogP contribution in [-0.2, 0) is 4.79 Å². The third-order valence-electron chi connectivity index (χ3n) is 9.32. The number of carbonyl (C=O) groups is 1. The summed E-state index contributed by atoms with van der Waals surface area (Å²) in [4.78, 5) is 12.2. The molecule has 0 aromatic heterocycles. The smallest absolute Gasteiger partial charge is 0.133 e. The highest BCUT2D eigenvalue weighted by atomic mass is 16.3. The van der Waals surface area contributed by atoms with Crippen LogP contribution in [0.25, 0.3) is 0 Å². The number of hydrogen-bond acceptors (Lipinski definition) is 3. The lowest BCUT2D eigenvalue weighted by Crippen LogP contribution is -2.62. The molecule has 0 heterocycles. The predicted molar refractivity (Wildman–Crippen MR) is 93.4 cm³/mol. The minimum atomic E-state index is -0.656. The van der Waals surface area contributed by atoms with Crippen LogP contribution in [0.5, 0.6) is 0 Å². The van der Waals surface area contributed by atoms with Crippen molar-refractivity contribution in [1.29, 1.82) is 0 Å². The zero-order valence-electron chi connectivity index (χ0n) is 15.6. The Labute approximate surface area is 146 Å². The van der Waals surface area contributed by atoms with E-state index in [-0.39, 0.29) is 28.6 Å². The Kier molecular flexibility index (Phi) is 3.76. The van der Waals surface area contributed by atoms with Gasteiger partial charge < -0.3 is 10.2 Å². The average molecular weight is 335 g/mol. The predicted octanol–water partition coefficient (Wildman–Crippen LogP) is 3.71. The Morgan fingerprint density at radius 3 is 2.42 bits per heavy atom. The summed E-state index contributed by atoms with van der Waals surface area (Å²) in [5.41, 5.74) is -0.610. The van der Waals surface area contributed by atoms with E-state index in [9.17, 15) is 15.0 Å². The van der Waals surface area contributed by atoms with Crippen LogP contribution in [0, 0.1) is 34.5 Å². The summed E-state index contributed by atoms with van der Waals surface area (Å²) in [5.74, 6) is 1.83. The lowest BCUT2D eigenvalue weighted by molar-refractivity contribution is -0.210. The van der Waals surface area contributed by atoms with E-state index in [0.29, 0.717) is 17.8 Å². The summed E-state index contributed by atoms with van der Waals surface area (Å²) in [5, 5.41) is 21.9. The van der Waals surface area contributed by atoms with Gasteiger partial charge in [0.2, 0.25) is 0 Å². The second-order valence-electron chi connectivity index (χ2n) is 10.0. The molecule has 0 radical (unpaired) electrons. The van der Waals surface area contributed by atoms with Gasteiger partial charge in [-0.1, -0.05) is 13.8 Å². The van der Waals surface area contributed by atoms with Gasteiger partial charge >= 0.3 is 0 Å². The molecular formula is C21H34O3. The largest absolute Gasteiger partial charge is 0.393 e. The summed E-state index contributed by atoms with van der Waals surface area (Å²) in [6.07, 6.45) is 8.87. The first-order valence-corrected chi connectivity index (χ1v) is 10.1. The summed E-state index contributed by atoms with van der Waals surface area (Å²) in [6.45, 7) is 6.35. The normalized spacial score (nSPS) is 57.0. The van der Waals surface area contributed by atoms with Crippen LogP contribution in [0.2, 0.25) is 0 Å². The minimum absolute atomic E-state index is 0.0437. The van der Waals surface area contributed by atoms with Crippen LogP contribution in [0.3, 0.4) is 0 Å². The van der Waals surface area contributed by atoms with Crippen molar-refractivity contribution in [2.45, 2.75) is 90.3 Å². The van der Waals surface area contributed by atoms with E-state index in [2.05, 4.69) is 13.8 Å². The number of carbonyl (C=O) groups excluding carboxylic acids is 1. The maximum atomic E-state index is 12.2. The zero-order chi connectivity index (χ0) is 17.3. The summed E-state index contributed by atoms with van der Waals surface area (Å²) in [6, 6.07) is 0. The molecule has 8 atom stereocenters. The molecule has 4 aliphatic carbocycles. The molecule has 0 unspecified atom stereocenters. The van der Waals surface area contributed by atoms with E-state index < -0.39 is 5.60 Å². The van der Waals surface area contributed by atoms with Crippen LogP contribution in [0.15, 0.2) is 0 Å². The highest BCUT2D eigenvalue weighted by Crippen LogP contribution is 2.69. The summed E-state index contributed by atoms with van der Waals surface area (Å²) >= 11 is 0. The molecule has 0 spiro atoms. The number of aliphatic hydroxyl groups is 2. The van der Waals surface area contributed by atoms with Crippen LogP contribution >= 0.6 is 0 Å². The molecule has 4 rings (SSSR count). The van der Waals surface area contributed by atoms with E-state index in [1.54, 1.807) is 6.92 Å². The molecule has 2 N–H and O–H groups in total. The Hall–Kier alpha value is -0.410. The Morgan fingerprint density at radius 1 is 0.958 bits per heavy atom. The van der Waals surface area contributed by atoms with Crippen molar-refractivity contribution in [3.8, 4) is 0 Å². The van der Waals surface area contributed by atoms with E-state index in [0.717, 1.165) is 57.8 Å². The summed E-state index contributed by atoms with van der Waals surface area (Å²) in [7, 11) is 0. The molecule has 4 saturated carbocycles. The van der Waals surface area contributed by atoms with E-state index in [1.807, 2.05) is 0 Å². The number of aliphatic hydroxyl groups excluding tert-OH is 1. The van der Waals surface area contributed by atoms with Crippen LogP contribution in [-0.4, -0.2) is 27.7 Å². The third-order valence-corrected chi connectivity index (χ3v) is 9.32. The molecular weight excluding hydrogens is 300 g/mol. The van der Waals surface area contributed by atoms with Gasteiger partial charge in [0.15, 0.2) is 0 Å². The minimum Gasteiger partial charge on any atom is -0.393 e. The van der Waals surface area contributed by atoms with Crippen molar-refractivity contribution < 1.29 is 15.0 Å². The molecule has 24 heavy (non-hydrogen) atoms. The first-order valence-electron chi connectivity index (χ1n) is 10.1. The monoisotopic (exact) mass is 334 g/mol. The van der Waals surface area contributed by atoms with Gasteiger partial charge in [-0.3, -0.25) is 4.79 Å². The Morgan fingerprint density at radius 2 is 1.71 bits per heavy atom. The fourth-order valence-electron chi connectivity index (χ4n) is 7.85. The fourth-order valence-corrected chi connectivity index (χ4v) is 7.85. The maximum Gasteiger partial charge on any atom is 0.133 e. The lowest BCUT2D eigenvalue weighted by atomic mass is 9.43. The quantitative estimate of drug-likeness (QED) is 0.768. The molecule has 0 bridgehead atoms. The number of rotatable bonds is 1. The second kappa shape index (κ2) is 5.30. The molecule has 4 aliphatic rings. The number of Topliss-reactive ketones (excluding diaryl/α,β-unsaturated/α-hetero) is 1. The van der Waals surface area contributed by atoms with Crippen LogP contribution < -0.4 is 0 Å². The van der Waals surface area contributed by atoms with Gasteiger partial charge in [0, 0.05) is 11.3 Å². The van der Waals surface area contributed by atoms with Gasteiger partial charge in [0.1, 0.15) is 5.78 Å². The molecule has 0 saturated heterocycles. The molecule has 3 nitrogen and oxygen atoms in total. The fraction of sp³-hybridized carbons (Fsp3) is 0.952. The van der Waals surface area contributed by atoms with Gasteiger partial charge in [0.05, 0.1) is 11.7 Å². The topological polar surface area (TPSA) is 57.5 Å². The van der Waals surface area contributed by atoms with Crippen LogP contribution in [0.4, 0.5) is 0 Å². The Bertz CT molecular complexity index is 545. The first kappa shape index (κ1) is 17.0. The third kappa shape index (κ3) is 2.00. The van der Waals surface area contributed by atoms with Gasteiger partial charge in [-0.05, 0) is 87.9 Å². The van der Waals surface area contributed by atoms with Crippen molar-refractivity contribution in [1.82, 2.24) is 0 Å². The van der Waals surface area contributed by atoms with Gasteiger partial charge in [-0.2, -0.15) is 0 Å². The van der Waals surface area contributed by atoms with Crippen LogP contribution in [0.1, 0.15) is 78.6 Å². The number of fused-ring (bicyclic) bond motifs is 5. The molecule has 3 heteroatoms. The lowest BCUT2D eigenvalue weighted by Gasteiger charge is -2.63. The van der Waals surface area contributed by atoms with Crippen molar-refractivity contribution in [2.24, 2.45) is 34.5 Å². The molecule has 0 aromatic carbocycles. The molecule has 0 aromatic rings. The van der Waals surface area contributed by atoms with Crippen molar-refractivity contribution in [3.05, 3.63) is 0 Å². The van der Waals surface area contributed by atoms with Gasteiger partial charge in [-0.15, -0.1) is 0 Å². The molecule has 4 fully saturated rings. The average Bonchev–Trinajstić information content (AvgIpc) is 2.80. The maximum absolute atomic E-state index is 12.2. The standard InChI is InChI=1S/C21H34O3/c1-13(22)16-8-11-21(24)18-5-4-14-12-15(23)6-9-19(14,2)17(18)7-10-20(16,21)3/h14-18,23-24H,4-12H2,1-3H3/t14-,15+,16+,17-,18-,19+,20-,21+/m1/s1. The molecule has 0 amide bonds. The van der Waals surface area contributed by atoms with Crippen molar-refractivity contribution >= 4 is 5.78 Å². The van der Waals surface area contributed by atoms with E-state index in [1.165, 1.54) is 0 Å². The highest BCUT2D eigenvalue weighted by Gasteiger charge is 2.67. The van der Waals surface area contributed by atoms with E-state index in [4.69, 9.17) is 0 Å². The van der Waals surface area contributed by atoms with Gasteiger partial charge in [-0.25, -0.2) is 0 Å². The second-order valence-corrected chi connectivity index (χ2v) is 10.0. The Balaban J connectivity index is 1.68. The zero-order valence-corrected chi connectivity index (χ0v) is 15.6. The van der Waals surface area contributed by atoms with E-state index >= 15 is 0 Å². The number of ketones is 1. The molecule has 136 valence electrons. The van der Waals surface area contributed by atoms with Crippen molar-refractivity contribution in [3.63, 3.8) is 0 Å². The summed E-state index contributed by atoms with van der Waals surface area (Å²) < 4.78 is 0. The number of hydrogen-bond donors (Lipinski definition) is 2. The SMILES string of the molecule is CC(=O)[C@@H]1CC[C@]2(O)[C@@H]3CC[C@@H]4C[C@@H](O)CC[C@]4(C)[C@@H]3CC[C@]12C. The molecule has 0 aliphatic heterocycles. The van der Waals surface area contributed by atoms with Crippen molar-refractivity contribution in [2.75, 3.05) is 0 Å². The highest BCUT2D eigenvalue weighted by molar-refractivity contribution is 5.80. The first-order chi connectivity index (χ1) is 11.2.